The Bertz CT molecular complexity index is 2690. The molecule has 3 aromatic heterocycles. The quantitative estimate of drug-likeness (QED) is 0.0556. The molecule has 68 heavy (non-hydrogen) atoms. The van der Waals surface area contributed by atoms with Crippen LogP contribution in [0.3, 0.4) is 0 Å². The highest BCUT2D eigenvalue weighted by Gasteiger charge is 2.32. The van der Waals surface area contributed by atoms with E-state index >= 15 is 0 Å². The fraction of sp³-hybridized carbons (Fsp3) is 0.468. The first-order chi connectivity index (χ1) is 32.1. The Morgan fingerprint density at radius 1 is 0.794 bits per heavy atom. The number of hydrogen-bond donors (Lipinski definition) is 4. The van der Waals surface area contributed by atoms with Crippen molar-refractivity contribution in [1.82, 2.24) is 34.7 Å². The number of carboxylic acid groups (broad SMARTS) is 1. The van der Waals surface area contributed by atoms with Crippen molar-refractivity contribution in [3.05, 3.63) is 101 Å². The minimum absolute atomic E-state index is 0.0947. The zero-order valence-corrected chi connectivity index (χ0v) is 42.8. The molecule has 2 aliphatic heterocycles. The van der Waals surface area contributed by atoms with Crippen LogP contribution in [0.25, 0.3) is 11.0 Å². The molecule has 18 nitrogen and oxygen atoms in total. The number of rotatable bonds is 11. The lowest BCUT2D eigenvalue weighted by molar-refractivity contribution is 0.0487. The monoisotopic (exact) mass is 1090 g/mol. The number of nitrogens with zero attached hydrogens (tertiary/aromatic N) is 6. The third-order valence-corrected chi connectivity index (χ3v) is 12.2. The number of anilines is 2. The van der Waals surface area contributed by atoms with Gasteiger partial charge < -0.3 is 49.3 Å². The highest BCUT2D eigenvalue weighted by molar-refractivity contribution is 14.1. The van der Waals surface area contributed by atoms with Gasteiger partial charge in [0, 0.05) is 48.3 Å². The Kier molecular flexibility index (Phi) is 17.0. The normalized spacial score (nSPS) is 16.4. The zero-order chi connectivity index (χ0) is 49.5. The molecule has 5 aromatic rings. The van der Waals surface area contributed by atoms with Gasteiger partial charge in [-0.1, -0.05) is 59.6 Å². The van der Waals surface area contributed by atoms with Gasteiger partial charge in [0.25, 0.3) is 5.56 Å². The van der Waals surface area contributed by atoms with E-state index in [0.29, 0.717) is 57.5 Å². The molecule has 0 spiro atoms. The Hall–Kier alpha value is -5.54. The summed E-state index contributed by atoms with van der Waals surface area (Å²) in [4.78, 5) is 77.7. The predicted molar refractivity (Wildman–Crippen MR) is 269 cm³/mol. The standard InChI is InChI=1S/C24H28ClN5O5.C23H30ClIN4O4/c1-24(2,3)35-23(34)26-15-8-6-10-29(13-15)22-28-17-11-18(21(32)33)27-20(31)19(17)30(22)12-14-7-4-5-9-16(14)25;1-5-32-20(30)18-19(25)27-21(29(18)13-15-9-6-7-11-17(15)24)28-12-8-10-16(14-28)26-22(31)33-23(2,3)4/h4-5,7,9,11,15H,6,8,10,12-13H2,1-3H3,(H,26,34)(H,27,31)(H,32,33);6-7,9,11,16H,5,8,10,12-14H2,1-4H3,(H,26,31)/t15-;16-/m11/s1. The number of aromatic carboxylic acids is 1. The maximum absolute atomic E-state index is 12.9. The fourth-order valence-corrected chi connectivity index (χ4v) is 9.07. The third-order valence-electron chi connectivity index (χ3n) is 10.7. The van der Waals surface area contributed by atoms with E-state index in [4.69, 9.17) is 42.4 Å². The molecule has 2 amide bonds. The lowest BCUT2D eigenvalue weighted by Gasteiger charge is -2.34. The number of aromatic amines is 1. The summed E-state index contributed by atoms with van der Waals surface area (Å²) in [5, 5.41) is 16.4. The van der Waals surface area contributed by atoms with Crippen LogP contribution in [0.5, 0.6) is 0 Å². The Labute approximate surface area is 418 Å². The molecule has 2 aliphatic rings. The van der Waals surface area contributed by atoms with Gasteiger partial charge in [-0.25, -0.2) is 29.1 Å². The van der Waals surface area contributed by atoms with Crippen molar-refractivity contribution in [2.24, 2.45) is 0 Å². The van der Waals surface area contributed by atoms with E-state index in [1.807, 2.05) is 72.7 Å². The molecule has 21 heteroatoms. The summed E-state index contributed by atoms with van der Waals surface area (Å²) >= 11 is 14.9. The molecule has 2 atom stereocenters. The number of fused-ring (bicyclic) bond motifs is 1. The minimum Gasteiger partial charge on any atom is -0.477 e. The molecule has 2 saturated heterocycles. The van der Waals surface area contributed by atoms with Crippen LogP contribution in [0, 0.1) is 3.70 Å². The summed E-state index contributed by atoms with van der Waals surface area (Å²) in [6.07, 6.45) is 2.33. The van der Waals surface area contributed by atoms with Gasteiger partial charge in [-0.3, -0.25) is 9.36 Å². The summed E-state index contributed by atoms with van der Waals surface area (Å²) in [7, 11) is 0. The van der Waals surface area contributed by atoms with Crippen LogP contribution in [0.15, 0.2) is 59.4 Å². The molecule has 0 unspecified atom stereocenters. The largest absolute Gasteiger partial charge is 0.477 e. The number of benzene rings is 2. The minimum atomic E-state index is -1.24. The number of esters is 1. The van der Waals surface area contributed by atoms with E-state index in [0.717, 1.165) is 43.4 Å². The molecule has 366 valence electrons. The second kappa shape index (κ2) is 22.3. The SMILES string of the molecule is CC(C)(C)OC(=O)N[C@@H]1CCCN(c2nc3cc(C(=O)O)[nH]c(=O)c3n2Cc2ccccc2Cl)C1.CCOC(=O)c1c(I)nc(N2CCC[C@@H](NC(=O)OC(C)(C)C)C2)n1Cc1ccccc1Cl. The molecule has 7 rings (SSSR count). The Balaban J connectivity index is 0.000000224. The van der Waals surface area contributed by atoms with Gasteiger partial charge >= 0.3 is 24.1 Å². The molecule has 0 radical (unpaired) electrons. The van der Waals surface area contributed by atoms with Gasteiger partial charge in [0.1, 0.15) is 26.1 Å². The van der Waals surface area contributed by atoms with E-state index in [-0.39, 0.29) is 42.0 Å². The highest BCUT2D eigenvalue weighted by atomic mass is 127. The van der Waals surface area contributed by atoms with E-state index in [2.05, 4.69) is 48.1 Å². The zero-order valence-electron chi connectivity index (χ0n) is 39.2. The maximum atomic E-state index is 12.9. The van der Waals surface area contributed by atoms with Crippen molar-refractivity contribution < 1.29 is 38.5 Å². The first-order valence-corrected chi connectivity index (χ1v) is 24.2. The van der Waals surface area contributed by atoms with E-state index in [1.165, 1.54) is 6.07 Å². The molecular formula is C47H58Cl2IN9O9. The average molecular weight is 1090 g/mol. The van der Waals surface area contributed by atoms with Gasteiger partial charge in [0.15, 0.2) is 5.69 Å². The lowest BCUT2D eigenvalue weighted by atomic mass is 10.1. The van der Waals surface area contributed by atoms with Crippen LogP contribution < -0.4 is 26.0 Å². The van der Waals surface area contributed by atoms with Crippen LogP contribution in [-0.4, -0.2) is 109 Å². The number of amides is 2. The van der Waals surface area contributed by atoms with Crippen molar-refractivity contribution in [1.29, 1.82) is 0 Å². The number of halogens is 3. The predicted octanol–water partition coefficient (Wildman–Crippen LogP) is 8.48. The number of aromatic nitrogens is 5. The molecule has 0 aliphatic carbocycles. The number of hydrogen-bond acceptors (Lipinski definition) is 12. The summed E-state index contributed by atoms with van der Waals surface area (Å²) in [5.41, 5.74) is 0.637. The number of pyridine rings is 1. The second-order valence-corrected chi connectivity index (χ2v) is 20.3. The lowest BCUT2D eigenvalue weighted by Crippen LogP contribution is -2.49. The Morgan fingerprint density at radius 3 is 1.75 bits per heavy atom. The van der Waals surface area contributed by atoms with Crippen LogP contribution in [0.1, 0.15) is 106 Å². The van der Waals surface area contributed by atoms with E-state index in [9.17, 15) is 29.1 Å². The van der Waals surface area contributed by atoms with Gasteiger partial charge in [-0.05, 0) is 126 Å². The fourth-order valence-electron chi connectivity index (χ4n) is 7.95. The number of carboxylic acids is 1. The number of H-pyrrole nitrogens is 1. The summed E-state index contributed by atoms with van der Waals surface area (Å²) < 4.78 is 20.3. The average Bonchev–Trinajstić information content (AvgIpc) is 3.78. The van der Waals surface area contributed by atoms with Crippen LogP contribution in [-0.2, 0) is 27.3 Å². The topological polar surface area (TPSA) is 215 Å². The summed E-state index contributed by atoms with van der Waals surface area (Å²) in [6, 6.07) is 15.9. The second-order valence-electron chi connectivity index (χ2n) is 18.5. The smallest absolute Gasteiger partial charge is 0.407 e. The number of ether oxygens (including phenoxy) is 3. The molecule has 0 bridgehead atoms. The van der Waals surface area contributed by atoms with Crippen molar-refractivity contribution in [2.45, 2.75) is 111 Å². The van der Waals surface area contributed by atoms with Crippen molar-refractivity contribution in [3.8, 4) is 0 Å². The van der Waals surface area contributed by atoms with Crippen LogP contribution in [0.2, 0.25) is 10.0 Å². The summed E-state index contributed by atoms with van der Waals surface area (Å²) in [5.74, 6) is -0.513. The van der Waals surface area contributed by atoms with E-state index in [1.54, 1.807) is 38.3 Å². The number of alkyl carbamates (subject to hydrolysis) is 2. The number of imidazole rings is 2. The van der Waals surface area contributed by atoms with Crippen LogP contribution in [0.4, 0.5) is 21.5 Å². The molecule has 2 fully saturated rings. The van der Waals surface area contributed by atoms with Crippen molar-refractivity contribution in [2.75, 3.05) is 42.6 Å². The van der Waals surface area contributed by atoms with Crippen molar-refractivity contribution in [3.63, 3.8) is 0 Å². The van der Waals surface area contributed by atoms with Crippen LogP contribution >= 0.6 is 45.8 Å². The number of nitrogens with one attached hydrogen (secondary N) is 3. The van der Waals surface area contributed by atoms with Gasteiger partial charge in [-0.2, -0.15) is 0 Å². The number of piperidine rings is 2. The first-order valence-electron chi connectivity index (χ1n) is 22.4. The first kappa shape index (κ1) is 51.8. The Morgan fingerprint density at radius 2 is 1.28 bits per heavy atom. The van der Waals surface area contributed by atoms with Crippen molar-refractivity contribution >= 4 is 92.8 Å². The molecule has 0 saturated carbocycles. The molecule has 5 heterocycles. The number of carbonyl (C=O) groups excluding carboxylic acids is 3. The highest BCUT2D eigenvalue weighted by Crippen LogP contribution is 2.30. The maximum Gasteiger partial charge on any atom is 0.407 e. The van der Waals surface area contributed by atoms with Gasteiger partial charge in [0.05, 0.1) is 25.2 Å². The number of carbonyl (C=O) groups is 4. The molecule has 4 N–H and O–H groups in total. The molecular weight excluding hydrogens is 1030 g/mol. The summed E-state index contributed by atoms with van der Waals surface area (Å²) in [6.45, 7) is 16.0. The third kappa shape index (κ3) is 13.6. The van der Waals surface area contributed by atoms with Gasteiger partial charge in [0.2, 0.25) is 11.9 Å². The van der Waals surface area contributed by atoms with E-state index < -0.39 is 40.9 Å². The molecule has 2 aromatic carbocycles. The van der Waals surface area contributed by atoms with Gasteiger partial charge in [-0.15, -0.1) is 0 Å².